The van der Waals surface area contributed by atoms with Gasteiger partial charge in [0.2, 0.25) is 15.9 Å². The van der Waals surface area contributed by atoms with Crippen LogP contribution in [0.5, 0.6) is 0 Å². The standard InChI is InChI=1S/C21H27N5O3S/c1-15(27)25-11-8-16(9-12-25)20-23-19-10-13-26(14-18(19)21(22-2)24-20)30(28,29)17-6-4-3-5-7-17/h3-7,16H,8-14H2,1-2H3,(H,22,23,24). The molecule has 4 rings (SSSR count). The van der Waals surface area contributed by atoms with Crippen molar-refractivity contribution in [3.05, 3.63) is 47.4 Å². The number of hydrogen-bond acceptors (Lipinski definition) is 6. The van der Waals surface area contributed by atoms with Gasteiger partial charge in [0.15, 0.2) is 0 Å². The zero-order chi connectivity index (χ0) is 21.3. The van der Waals surface area contributed by atoms with Crippen LogP contribution in [0.4, 0.5) is 5.82 Å². The van der Waals surface area contributed by atoms with Crippen LogP contribution in [0.15, 0.2) is 35.2 Å². The number of carbonyl (C=O) groups excluding carboxylic acids is 1. The van der Waals surface area contributed by atoms with Crippen molar-refractivity contribution in [3.8, 4) is 0 Å². The molecular formula is C21H27N5O3S. The lowest BCUT2D eigenvalue weighted by Crippen LogP contribution is -2.38. The molecule has 30 heavy (non-hydrogen) atoms. The lowest BCUT2D eigenvalue weighted by Gasteiger charge is -2.32. The van der Waals surface area contributed by atoms with Gasteiger partial charge in [-0.3, -0.25) is 4.79 Å². The molecule has 160 valence electrons. The third-order valence-corrected chi connectivity index (χ3v) is 7.83. The molecule has 2 aliphatic rings. The number of rotatable bonds is 4. The predicted octanol–water partition coefficient (Wildman–Crippen LogP) is 1.99. The topological polar surface area (TPSA) is 95.5 Å². The molecule has 1 saturated heterocycles. The smallest absolute Gasteiger partial charge is 0.243 e. The van der Waals surface area contributed by atoms with E-state index in [2.05, 4.69) is 5.32 Å². The molecule has 8 nitrogen and oxygen atoms in total. The average molecular weight is 430 g/mol. The fraction of sp³-hybridized carbons (Fsp3) is 0.476. The number of anilines is 1. The number of sulfonamides is 1. The number of amides is 1. The van der Waals surface area contributed by atoms with Gasteiger partial charge < -0.3 is 10.2 Å². The first-order valence-electron chi connectivity index (χ1n) is 10.3. The molecule has 9 heteroatoms. The van der Waals surface area contributed by atoms with Gasteiger partial charge in [-0.1, -0.05) is 18.2 Å². The molecule has 1 fully saturated rings. The van der Waals surface area contributed by atoms with Gasteiger partial charge in [-0.05, 0) is 25.0 Å². The van der Waals surface area contributed by atoms with Crippen molar-refractivity contribution in [2.45, 2.75) is 43.5 Å². The molecule has 1 aromatic heterocycles. The van der Waals surface area contributed by atoms with Crippen LogP contribution in [0.3, 0.4) is 0 Å². The van der Waals surface area contributed by atoms with Crippen LogP contribution in [0.2, 0.25) is 0 Å². The fourth-order valence-electron chi connectivity index (χ4n) is 4.20. The van der Waals surface area contributed by atoms with Crippen molar-refractivity contribution >= 4 is 21.7 Å². The number of carbonyl (C=O) groups is 1. The van der Waals surface area contributed by atoms with Crippen molar-refractivity contribution in [2.24, 2.45) is 0 Å². The molecule has 2 aliphatic heterocycles. The zero-order valence-corrected chi connectivity index (χ0v) is 18.2. The van der Waals surface area contributed by atoms with Crippen LogP contribution in [-0.4, -0.2) is 60.2 Å². The van der Waals surface area contributed by atoms with E-state index in [1.165, 1.54) is 4.31 Å². The highest BCUT2D eigenvalue weighted by atomic mass is 32.2. The highest BCUT2D eigenvalue weighted by Gasteiger charge is 2.32. The molecule has 0 spiro atoms. The molecule has 1 aromatic carbocycles. The van der Waals surface area contributed by atoms with E-state index in [1.807, 2.05) is 4.90 Å². The summed E-state index contributed by atoms with van der Waals surface area (Å²) < 4.78 is 27.6. The Bertz CT molecular complexity index is 1020. The van der Waals surface area contributed by atoms with Gasteiger partial charge in [-0.2, -0.15) is 4.31 Å². The van der Waals surface area contributed by atoms with Crippen LogP contribution >= 0.6 is 0 Å². The van der Waals surface area contributed by atoms with E-state index in [4.69, 9.17) is 9.97 Å². The number of likely N-dealkylation sites (tertiary alicyclic amines) is 1. The van der Waals surface area contributed by atoms with Crippen molar-refractivity contribution in [3.63, 3.8) is 0 Å². The van der Waals surface area contributed by atoms with E-state index in [-0.39, 0.29) is 18.4 Å². The zero-order valence-electron chi connectivity index (χ0n) is 17.3. The summed E-state index contributed by atoms with van der Waals surface area (Å²) in [7, 11) is -1.76. The summed E-state index contributed by atoms with van der Waals surface area (Å²) >= 11 is 0. The number of piperidine rings is 1. The lowest BCUT2D eigenvalue weighted by molar-refractivity contribution is -0.129. The van der Waals surface area contributed by atoms with Crippen LogP contribution in [-0.2, 0) is 27.8 Å². The maximum Gasteiger partial charge on any atom is 0.243 e. The molecule has 0 atom stereocenters. The summed E-state index contributed by atoms with van der Waals surface area (Å²) in [6, 6.07) is 8.51. The van der Waals surface area contributed by atoms with E-state index in [9.17, 15) is 13.2 Å². The normalized spacial score (nSPS) is 18.1. The summed E-state index contributed by atoms with van der Waals surface area (Å²) in [6.45, 7) is 3.69. The highest BCUT2D eigenvalue weighted by molar-refractivity contribution is 7.89. The third kappa shape index (κ3) is 3.91. The monoisotopic (exact) mass is 429 g/mol. The maximum atomic E-state index is 13.0. The Balaban J connectivity index is 1.58. The summed E-state index contributed by atoms with van der Waals surface area (Å²) in [6.07, 6.45) is 2.24. The highest BCUT2D eigenvalue weighted by Crippen LogP contribution is 2.32. The van der Waals surface area contributed by atoms with E-state index < -0.39 is 10.0 Å². The van der Waals surface area contributed by atoms with Gasteiger partial charge in [0, 0.05) is 58.1 Å². The molecular weight excluding hydrogens is 402 g/mol. The van der Waals surface area contributed by atoms with Crippen molar-refractivity contribution in [2.75, 3.05) is 32.0 Å². The molecule has 0 aliphatic carbocycles. The van der Waals surface area contributed by atoms with Crippen LogP contribution in [0.1, 0.15) is 42.8 Å². The van der Waals surface area contributed by atoms with E-state index in [1.54, 1.807) is 44.3 Å². The molecule has 3 heterocycles. The van der Waals surface area contributed by atoms with Gasteiger partial charge in [0.25, 0.3) is 0 Å². The molecule has 1 N–H and O–H groups in total. The quantitative estimate of drug-likeness (QED) is 0.799. The Kier molecular flexibility index (Phi) is 5.75. The van der Waals surface area contributed by atoms with Gasteiger partial charge in [-0.25, -0.2) is 18.4 Å². The van der Waals surface area contributed by atoms with Crippen molar-refractivity contribution in [1.29, 1.82) is 0 Å². The van der Waals surface area contributed by atoms with Gasteiger partial charge in [0.05, 0.1) is 10.6 Å². The predicted molar refractivity (Wildman–Crippen MR) is 114 cm³/mol. The summed E-state index contributed by atoms with van der Waals surface area (Å²) in [5.41, 5.74) is 1.76. The van der Waals surface area contributed by atoms with Crippen molar-refractivity contribution in [1.82, 2.24) is 19.2 Å². The molecule has 0 radical (unpaired) electrons. The Morgan fingerprint density at radius 1 is 1.10 bits per heavy atom. The third-order valence-electron chi connectivity index (χ3n) is 5.97. The Hall–Kier alpha value is -2.52. The molecule has 0 saturated carbocycles. The Labute approximate surface area is 177 Å². The SMILES string of the molecule is CNc1nc(C2CCN(C(C)=O)CC2)nc2c1CN(S(=O)(=O)c1ccccc1)CC2. The van der Waals surface area contributed by atoms with Crippen LogP contribution in [0.25, 0.3) is 0 Å². The minimum Gasteiger partial charge on any atom is -0.373 e. The number of hydrogen-bond donors (Lipinski definition) is 1. The van der Waals surface area contributed by atoms with E-state index in [0.717, 1.165) is 43.0 Å². The minimum absolute atomic E-state index is 0.107. The second kappa shape index (κ2) is 8.31. The average Bonchev–Trinajstić information content (AvgIpc) is 2.78. The van der Waals surface area contributed by atoms with Crippen LogP contribution < -0.4 is 5.32 Å². The number of benzene rings is 1. The molecule has 1 amide bonds. The van der Waals surface area contributed by atoms with E-state index >= 15 is 0 Å². The number of nitrogens with one attached hydrogen (secondary N) is 1. The largest absolute Gasteiger partial charge is 0.373 e. The number of fused-ring (bicyclic) bond motifs is 1. The number of nitrogens with zero attached hydrogens (tertiary/aromatic N) is 4. The first kappa shape index (κ1) is 20.7. The first-order valence-corrected chi connectivity index (χ1v) is 11.7. The first-order chi connectivity index (χ1) is 14.4. The summed E-state index contributed by atoms with van der Waals surface area (Å²) in [5, 5.41) is 3.14. The summed E-state index contributed by atoms with van der Waals surface area (Å²) in [5.74, 6) is 1.80. The van der Waals surface area contributed by atoms with Gasteiger partial charge in [-0.15, -0.1) is 0 Å². The maximum absolute atomic E-state index is 13.0. The molecule has 0 bridgehead atoms. The fourth-order valence-corrected chi connectivity index (χ4v) is 5.63. The van der Waals surface area contributed by atoms with Crippen LogP contribution in [0, 0.1) is 0 Å². The van der Waals surface area contributed by atoms with E-state index in [0.29, 0.717) is 23.7 Å². The molecule has 2 aromatic rings. The van der Waals surface area contributed by atoms with Crippen molar-refractivity contribution < 1.29 is 13.2 Å². The van der Waals surface area contributed by atoms with Gasteiger partial charge in [0.1, 0.15) is 11.6 Å². The molecule has 0 unspecified atom stereocenters. The second-order valence-electron chi connectivity index (χ2n) is 7.79. The number of aromatic nitrogens is 2. The minimum atomic E-state index is -3.56. The van der Waals surface area contributed by atoms with Gasteiger partial charge >= 0.3 is 0 Å². The second-order valence-corrected chi connectivity index (χ2v) is 9.73. The lowest BCUT2D eigenvalue weighted by atomic mass is 9.95. The Morgan fingerprint density at radius 3 is 2.43 bits per heavy atom. The summed E-state index contributed by atoms with van der Waals surface area (Å²) in [4.78, 5) is 23.3. The Morgan fingerprint density at radius 2 is 1.80 bits per heavy atom.